The van der Waals surface area contributed by atoms with Gasteiger partial charge in [-0.05, 0) is 31.9 Å². The van der Waals surface area contributed by atoms with E-state index in [-0.39, 0.29) is 22.8 Å². The first kappa shape index (κ1) is 14.9. The van der Waals surface area contributed by atoms with Gasteiger partial charge in [0.1, 0.15) is 10.8 Å². The molecule has 0 bridgehead atoms. The highest BCUT2D eigenvalue weighted by Crippen LogP contribution is 2.41. The predicted molar refractivity (Wildman–Crippen MR) is 72.1 cm³/mol. The van der Waals surface area contributed by atoms with E-state index in [1.165, 1.54) is 19.9 Å². The molecular formula is C14H16ClFO4. The van der Waals surface area contributed by atoms with Crippen molar-refractivity contribution < 1.29 is 23.8 Å². The predicted octanol–water partition coefficient (Wildman–Crippen LogP) is 3.29. The van der Waals surface area contributed by atoms with Crippen LogP contribution in [0.5, 0.6) is 11.5 Å². The maximum absolute atomic E-state index is 14.3. The van der Waals surface area contributed by atoms with Crippen molar-refractivity contribution in [1.29, 1.82) is 0 Å². The van der Waals surface area contributed by atoms with Crippen LogP contribution in [0, 0.1) is 11.2 Å². The molecule has 110 valence electrons. The normalized spacial score (nSPS) is 14.8. The van der Waals surface area contributed by atoms with E-state index < -0.39 is 17.2 Å². The molecule has 1 N–H and O–H groups in total. The molecule has 1 aromatic rings. The number of ether oxygens (including phenoxy) is 2. The summed E-state index contributed by atoms with van der Waals surface area (Å²) in [6, 6.07) is 1.48. The quantitative estimate of drug-likeness (QED) is 0.931. The van der Waals surface area contributed by atoms with Gasteiger partial charge in [0.2, 0.25) is 0 Å². The molecule has 1 aliphatic heterocycles. The molecule has 0 unspecified atom stereocenters. The largest absolute Gasteiger partial charge is 0.489 e. The summed E-state index contributed by atoms with van der Waals surface area (Å²) in [4.78, 5) is 11.2. The number of halogens is 2. The van der Waals surface area contributed by atoms with Crippen molar-refractivity contribution in [3.63, 3.8) is 0 Å². The van der Waals surface area contributed by atoms with Gasteiger partial charge in [-0.2, -0.15) is 0 Å². The lowest BCUT2D eigenvalue weighted by Gasteiger charge is -2.21. The van der Waals surface area contributed by atoms with E-state index in [0.717, 1.165) is 0 Å². The summed E-state index contributed by atoms with van der Waals surface area (Å²) in [6.07, 6.45) is 0.701. The molecular weight excluding hydrogens is 287 g/mol. The molecule has 2 rings (SSSR count). The molecule has 0 aromatic heterocycles. The van der Waals surface area contributed by atoms with E-state index in [1.54, 1.807) is 0 Å². The lowest BCUT2D eigenvalue weighted by atomic mass is 9.85. The van der Waals surface area contributed by atoms with Crippen LogP contribution in [0.2, 0.25) is 5.02 Å². The lowest BCUT2D eigenvalue weighted by molar-refractivity contribution is -0.146. The maximum Gasteiger partial charge on any atom is 0.309 e. The Morgan fingerprint density at radius 1 is 1.45 bits per heavy atom. The zero-order chi connectivity index (χ0) is 14.9. The van der Waals surface area contributed by atoms with Crippen LogP contribution in [-0.4, -0.2) is 24.3 Å². The van der Waals surface area contributed by atoms with Crippen LogP contribution in [0.25, 0.3) is 0 Å². The summed E-state index contributed by atoms with van der Waals surface area (Å²) in [6.45, 7) is 3.93. The summed E-state index contributed by atoms with van der Waals surface area (Å²) < 4.78 is 25.1. The molecule has 1 aliphatic rings. The van der Waals surface area contributed by atoms with Gasteiger partial charge in [-0.25, -0.2) is 4.39 Å². The Morgan fingerprint density at radius 2 is 2.10 bits per heavy atom. The van der Waals surface area contributed by atoms with Crippen molar-refractivity contribution >= 4 is 17.6 Å². The van der Waals surface area contributed by atoms with Crippen LogP contribution < -0.4 is 9.47 Å². The number of carboxylic acids is 1. The summed E-state index contributed by atoms with van der Waals surface area (Å²) in [7, 11) is 0. The van der Waals surface area contributed by atoms with Crippen LogP contribution in [0.1, 0.15) is 25.8 Å². The van der Waals surface area contributed by atoms with Crippen LogP contribution in [0.15, 0.2) is 6.07 Å². The van der Waals surface area contributed by atoms with E-state index in [0.29, 0.717) is 25.4 Å². The molecule has 0 atom stereocenters. The topological polar surface area (TPSA) is 55.8 Å². The van der Waals surface area contributed by atoms with Crippen molar-refractivity contribution in [2.75, 3.05) is 13.2 Å². The smallest absolute Gasteiger partial charge is 0.309 e. The van der Waals surface area contributed by atoms with Crippen LogP contribution in [0.3, 0.4) is 0 Å². The highest BCUT2D eigenvalue weighted by atomic mass is 35.5. The summed E-state index contributed by atoms with van der Waals surface area (Å²) >= 11 is 5.97. The minimum Gasteiger partial charge on any atom is -0.489 e. The molecule has 20 heavy (non-hydrogen) atoms. The van der Waals surface area contributed by atoms with Gasteiger partial charge in [0.25, 0.3) is 0 Å². The van der Waals surface area contributed by atoms with Crippen molar-refractivity contribution in [3.8, 4) is 11.5 Å². The number of carbonyl (C=O) groups is 1. The Kier molecular flexibility index (Phi) is 4.09. The summed E-state index contributed by atoms with van der Waals surface area (Å²) in [5.41, 5.74) is -0.879. The van der Waals surface area contributed by atoms with E-state index >= 15 is 0 Å². The molecule has 0 aliphatic carbocycles. The van der Waals surface area contributed by atoms with Crippen LogP contribution >= 0.6 is 11.6 Å². The fourth-order valence-corrected chi connectivity index (χ4v) is 2.24. The van der Waals surface area contributed by atoms with Gasteiger partial charge in [-0.3, -0.25) is 4.79 Å². The Morgan fingerprint density at radius 3 is 2.75 bits per heavy atom. The van der Waals surface area contributed by atoms with Gasteiger partial charge in [-0.15, -0.1) is 0 Å². The molecule has 1 aromatic carbocycles. The molecule has 0 spiro atoms. The standard InChI is InChI=1S/C14H16ClFO4/c1-14(2,13(17)18)7-8-6-9-12(10(15)11(8)16)20-5-3-4-19-9/h6H,3-5,7H2,1-2H3,(H,17,18). The number of hydrogen-bond acceptors (Lipinski definition) is 3. The Balaban J connectivity index is 2.43. The molecule has 4 nitrogen and oxygen atoms in total. The van der Waals surface area contributed by atoms with Crippen molar-refractivity contribution in [1.82, 2.24) is 0 Å². The second-order valence-electron chi connectivity index (χ2n) is 5.41. The Hall–Kier alpha value is -1.49. The minimum atomic E-state index is -1.09. The van der Waals surface area contributed by atoms with Gasteiger partial charge in [0, 0.05) is 6.42 Å². The van der Waals surface area contributed by atoms with Crippen molar-refractivity contribution in [3.05, 3.63) is 22.5 Å². The second-order valence-corrected chi connectivity index (χ2v) is 5.79. The number of rotatable bonds is 3. The zero-order valence-electron chi connectivity index (χ0n) is 11.3. The third kappa shape index (κ3) is 2.82. The number of carboxylic acid groups (broad SMARTS) is 1. The van der Waals surface area contributed by atoms with E-state index in [2.05, 4.69) is 0 Å². The van der Waals surface area contributed by atoms with Gasteiger partial charge < -0.3 is 14.6 Å². The van der Waals surface area contributed by atoms with Gasteiger partial charge in [0.05, 0.1) is 18.6 Å². The van der Waals surface area contributed by atoms with Gasteiger partial charge in [0.15, 0.2) is 11.5 Å². The minimum absolute atomic E-state index is 0.0184. The SMILES string of the molecule is CC(C)(Cc1cc2c(c(Cl)c1F)OCCCO2)C(=O)O. The number of hydrogen-bond donors (Lipinski definition) is 1. The number of benzene rings is 1. The molecule has 0 amide bonds. The Bertz CT molecular complexity index is 542. The maximum atomic E-state index is 14.3. The molecule has 0 radical (unpaired) electrons. The van der Waals surface area contributed by atoms with Gasteiger partial charge >= 0.3 is 5.97 Å². The molecule has 0 saturated heterocycles. The Labute approximate surface area is 121 Å². The van der Waals surface area contributed by atoms with Crippen molar-refractivity contribution in [2.24, 2.45) is 5.41 Å². The fraction of sp³-hybridized carbons (Fsp3) is 0.500. The van der Waals surface area contributed by atoms with E-state index in [1.807, 2.05) is 0 Å². The average molecular weight is 303 g/mol. The second kappa shape index (κ2) is 5.48. The molecule has 6 heteroatoms. The average Bonchev–Trinajstić information content (AvgIpc) is 2.60. The monoisotopic (exact) mass is 302 g/mol. The van der Waals surface area contributed by atoms with E-state index in [9.17, 15) is 9.18 Å². The van der Waals surface area contributed by atoms with Gasteiger partial charge in [-0.1, -0.05) is 11.6 Å². The van der Waals surface area contributed by atoms with E-state index in [4.69, 9.17) is 26.2 Å². The molecule has 1 heterocycles. The first-order chi connectivity index (χ1) is 9.33. The van der Waals surface area contributed by atoms with Crippen molar-refractivity contribution in [2.45, 2.75) is 26.7 Å². The zero-order valence-corrected chi connectivity index (χ0v) is 12.1. The van der Waals surface area contributed by atoms with Crippen LogP contribution in [-0.2, 0) is 11.2 Å². The third-order valence-corrected chi connectivity index (χ3v) is 3.54. The summed E-state index contributed by atoms with van der Waals surface area (Å²) in [5, 5.41) is 8.98. The summed E-state index contributed by atoms with van der Waals surface area (Å²) in [5.74, 6) is -1.09. The first-order valence-electron chi connectivity index (χ1n) is 6.33. The highest BCUT2D eigenvalue weighted by Gasteiger charge is 2.31. The lowest BCUT2D eigenvalue weighted by Crippen LogP contribution is -2.26. The number of fused-ring (bicyclic) bond motifs is 1. The third-order valence-electron chi connectivity index (χ3n) is 3.21. The first-order valence-corrected chi connectivity index (χ1v) is 6.70. The molecule has 0 fully saturated rings. The van der Waals surface area contributed by atoms with Crippen LogP contribution in [0.4, 0.5) is 4.39 Å². The highest BCUT2D eigenvalue weighted by molar-refractivity contribution is 6.32. The molecule has 0 saturated carbocycles. The number of aliphatic carboxylic acids is 1. The fourth-order valence-electron chi connectivity index (χ4n) is 1.97.